The predicted molar refractivity (Wildman–Crippen MR) is 67.4 cm³/mol. The molecule has 1 atom stereocenters. The fourth-order valence-electron chi connectivity index (χ4n) is 1.58. The Morgan fingerprint density at radius 1 is 1.26 bits per heavy atom. The number of hydrogen-bond acceptors (Lipinski definition) is 4. The van der Waals surface area contributed by atoms with Crippen molar-refractivity contribution in [3.8, 4) is 0 Å². The smallest absolute Gasteiger partial charge is 0.348 e. The summed E-state index contributed by atoms with van der Waals surface area (Å²) in [5, 5.41) is 12.1. The average Bonchev–Trinajstić information content (AvgIpc) is 2.77. The molecule has 19 heavy (non-hydrogen) atoms. The maximum atomic E-state index is 12.0. The Balaban J connectivity index is 2.22. The van der Waals surface area contributed by atoms with E-state index in [-0.39, 0.29) is 19.1 Å². The standard InChI is InChI=1S/C11H9Cl2NO5/c12-6-1-7(13)3-8(2-6)14-9(15)11(10(16)17)4-18-5-19-11/h1-3H,4-5H2,(H,14,15)(H,16,17). The second-order valence-electron chi connectivity index (χ2n) is 3.86. The number of anilines is 1. The quantitative estimate of drug-likeness (QED) is 0.831. The van der Waals surface area contributed by atoms with Gasteiger partial charge in [0.1, 0.15) is 6.79 Å². The highest BCUT2D eigenvalue weighted by Gasteiger charge is 2.51. The first-order chi connectivity index (χ1) is 8.94. The topological polar surface area (TPSA) is 84.9 Å². The molecule has 1 heterocycles. The van der Waals surface area contributed by atoms with Gasteiger partial charge in [0.25, 0.3) is 11.5 Å². The van der Waals surface area contributed by atoms with Crippen LogP contribution < -0.4 is 5.32 Å². The number of hydrogen-bond donors (Lipinski definition) is 2. The lowest BCUT2D eigenvalue weighted by molar-refractivity contribution is -0.164. The van der Waals surface area contributed by atoms with E-state index >= 15 is 0 Å². The fourth-order valence-corrected chi connectivity index (χ4v) is 2.11. The number of rotatable bonds is 3. The second kappa shape index (κ2) is 5.34. The van der Waals surface area contributed by atoms with E-state index in [1.165, 1.54) is 18.2 Å². The fraction of sp³-hybridized carbons (Fsp3) is 0.273. The van der Waals surface area contributed by atoms with E-state index in [4.69, 9.17) is 37.8 Å². The van der Waals surface area contributed by atoms with Crippen LogP contribution in [0, 0.1) is 0 Å². The van der Waals surface area contributed by atoms with Crippen molar-refractivity contribution in [3.63, 3.8) is 0 Å². The van der Waals surface area contributed by atoms with Gasteiger partial charge in [0.05, 0.1) is 6.61 Å². The molecule has 0 bridgehead atoms. The zero-order valence-electron chi connectivity index (χ0n) is 9.48. The first-order valence-electron chi connectivity index (χ1n) is 5.17. The average molecular weight is 306 g/mol. The normalized spacial score (nSPS) is 22.2. The van der Waals surface area contributed by atoms with Gasteiger partial charge in [0, 0.05) is 15.7 Å². The molecule has 102 valence electrons. The molecule has 1 aliphatic rings. The van der Waals surface area contributed by atoms with Crippen molar-refractivity contribution in [1.82, 2.24) is 0 Å². The van der Waals surface area contributed by atoms with Crippen LogP contribution in [0.3, 0.4) is 0 Å². The third kappa shape index (κ3) is 2.82. The number of nitrogens with one attached hydrogen (secondary N) is 1. The number of aliphatic carboxylic acids is 1. The Kier molecular flexibility index (Phi) is 3.96. The molecular formula is C11H9Cl2NO5. The Morgan fingerprint density at radius 2 is 1.89 bits per heavy atom. The van der Waals surface area contributed by atoms with Crippen molar-refractivity contribution in [3.05, 3.63) is 28.2 Å². The molecule has 8 heteroatoms. The van der Waals surface area contributed by atoms with Crippen LogP contribution in [0.1, 0.15) is 0 Å². The molecule has 0 aliphatic carbocycles. The largest absolute Gasteiger partial charge is 0.479 e. The lowest BCUT2D eigenvalue weighted by atomic mass is 10.1. The van der Waals surface area contributed by atoms with Crippen LogP contribution in [0.2, 0.25) is 10.0 Å². The van der Waals surface area contributed by atoms with Crippen molar-refractivity contribution >= 4 is 40.8 Å². The van der Waals surface area contributed by atoms with Crippen molar-refractivity contribution in [1.29, 1.82) is 0 Å². The maximum absolute atomic E-state index is 12.0. The SMILES string of the molecule is O=C(O)C1(C(=O)Nc2cc(Cl)cc(Cl)c2)COCO1. The molecule has 1 amide bonds. The summed E-state index contributed by atoms with van der Waals surface area (Å²) in [6.07, 6.45) is 0. The van der Waals surface area contributed by atoms with Crippen molar-refractivity contribution in [2.45, 2.75) is 5.60 Å². The predicted octanol–water partition coefficient (Wildman–Crippen LogP) is 1.76. The number of amides is 1. The summed E-state index contributed by atoms with van der Waals surface area (Å²) in [5.41, 5.74) is -1.77. The van der Waals surface area contributed by atoms with Crippen LogP contribution in [0.5, 0.6) is 0 Å². The Bertz CT molecular complexity index is 508. The van der Waals surface area contributed by atoms with Crippen LogP contribution in [0.4, 0.5) is 5.69 Å². The van der Waals surface area contributed by atoms with Gasteiger partial charge in [-0.3, -0.25) is 4.79 Å². The summed E-state index contributed by atoms with van der Waals surface area (Å²) in [6.45, 7) is -0.613. The van der Waals surface area contributed by atoms with Crippen LogP contribution in [-0.2, 0) is 19.1 Å². The van der Waals surface area contributed by atoms with Crippen LogP contribution in [0.15, 0.2) is 18.2 Å². The molecule has 1 aliphatic heterocycles. The van der Waals surface area contributed by atoms with E-state index in [1.54, 1.807) is 0 Å². The maximum Gasteiger partial charge on any atom is 0.348 e. The first-order valence-corrected chi connectivity index (χ1v) is 5.92. The van der Waals surface area contributed by atoms with E-state index in [0.717, 1.165) is 0 Å². The number of carbonyl (C=O) groups excluding carboxylic acids is 1. The van der Waals surface area contributed by atoms with Crippen LogP contribution in [-0.4, -0.2) is 36.0 Å². The van der Waals surface area contributed by atoms with Gasteiger partial charge in [0.15, 0.2) is 0 Å². The number of carboxylic acid groups (broad SMARTS) is 1. The van der Waals surface area contributed by atoms with E-state index in [0.29, 0.717) is 10.0 Å². The van der Waals surface area contributed by atoms with Crippen LogP contribution in [0.25, 0.3) is 0 Å². The number of carbonyl (C=O) groups is 2. The number of benzene rings is 1. The van der Waals surface area contributed by atoms with Crippen LogP contribution >= 0.6 is 23.2 Å². The molecular weight excluding hydrogens is 297 g/mol. The Morgan fingerprint density at radius 3 is 2.37 bits per heavy atom. The van der Waals surface area contributed by atoms with Crippen molar-refractivity contribution < 1.29 is 24.2 Å². The van der Waals surface area contributed by atoms with E-state index < -0.39 is 17.5 Å². The van der Waals surface area contributed by atoms with Crippen molar-refractivity contribution in [2.24, 2.45) is 0 Å². The lowest BCUT2D eigenvalue weighted by Crippen LogP contribution is -2.52. The molecule has 1 unspecified atom stereocenters. The summed E-state index contributed by atoms with van der Waals surface area (Å²) in [7, 11) is 0. The van der Waals surface area contributed by atoms with E-state index in [9.17, 15) is 9.59 Å². The van der Waals surface area contributed by atoms with Gasteiger partial charge in [-0.1, -0.05) is 23.2 Å². The molecule has 0 spiro atoms. The minimum atomic E-state index is -2.05. The monoisotopic (exact) mass is 305 g/mol. The zero-order valence-corrected chi connectivity index (χ0v) is 11.0. The van der Waals surface area contributed by atoms with E-state index in [1.807, 2.05) is 0 Å². The Hall–Kier alpha value is -1.34. The highest BCUT2D eigenvalue weighted by atomic mass is 35.5. The molecule has 1 aromatic carbocycles. The van der Waals surface area contributed by atoms with Gasteiger partial charge >= 0.3 is 5.97 Å². The van der Waals surface area contributed by atoms with Gasteiger partial charge in [-0.2, -0.15) is 0 Å². The van der Waals surface area contributed by atoms with Gasteiger partial charge < -0.3 is 19.9 Å². The first kappa shape index (κ1) is 14.1. The minimum absolute atomic E-state index is 0.254. The molecule has 6 nitrogen and oxygen atoms in total. The minimum Gasteiger partial charge on any atom is -0.479 e. The molecule has 0 saturated carbocycles. The van der Waals surface area contributed by atoms with Crippen molar-refractivity contribution in [2.75, 3.05) is 18.7 Å². The summed E-state index contributed by atoms with van der Waals surface area (Å²) in [6, 6.07) is 4.37. The van der Waals surface area contributed by atoms with Gasteiger partial charge in [-0.15, -0.1) is 0 Å². The highest BCUT2D eigenvalue weighted by Crippen LogP contribution is 2.25. The summed E-state index contributed by atoms with van der Waals surface area (Å²) < 4.78 is 9.71. The number of halogens is 2. The second-order valence-corrected chi connectivity index (χ2v) is 4.73. The summed E-state index contributed by atoms with van der Waals surface area (Å²) >= 11 is 11.6. The molecule has 1 aromatic rings. The highest BCUT2D eigenvalue weighted by molar-refractivity contribution is 6.35. The molecule has 1 fully saturated rings. The molecule has 2 rings (SSSR count). The summed E-state index contributed by atoms with van der Waals surface area (Å²) in [5.74, 6) is -2.27. The van der Waals surface area contributed by atoms with Gasteiger partial charge in [-0.05, 0) is 18.2 Å². The molecule has 2 N–H and O–H groups in total. The molecule has 1 saturated heterocycles. The third-order valence-corrected chi connectivity index (χ3v) is 2.96. The zero-order chi connectivity index (χ0) is 14.0. The lowest BCUT2D eigenvalue weighted by Gasteiger charge is -2.20. The summed E-state index contributed by atoms with van der Waals surface area (Å²) in [4.78, 5) is 23.2. The molecule has 0 radical (unpaired) electrons. The molecule has 0 aromatic heterocycles. The van der Waals surface area contributed by atoms with Gasteiger partial charge in [-0.25, -0.2) is 4.79 Å². The third-order valence-electron chi connectivity index (χ3n) is 2.53. The van der Waals surface area contributed by atoms with E-state index in [2.05, 4.69) is 5.32 Å². The Labute approximate surface area is 118 Å². The van der Waals surface area contributed by atoms with Gasteiger partial charge in [0.2, 0.25) is 0 Å². The number of carboxylic acids is 1. The number of ether oxygens (including phenoxy) is 2.